The average molecular weight is 369 g/mol. The molecule has 0 aliphatic carbocycles. The van der Waals surface area contributed by atoms with Gasteiger partial charge < -0.3 is 8.83 Å². The van der Waals surface area contributed by atoms with Crippen LogP contribution in [0.4, 0.5) is 5.88 Å². The van der Waals surface area contributed by atoms with Gasteiger partial charge >= 0.3 is 0 Å². The normalized spacial score (nSPS) is 10.8. The lowest BCUT2D eigenvalue weighted by Crippen LogP contribution is -2.32. The number of hydrogen-bond acceptors (Lipinski definition) is 6. The van der Waals surface area contributed by atoms with Crippen molar-refractivity contribution in [3.05, 3.63) is 63.4 Å². The fraction of sp³-hybridized carbons (Fsp3) is 0.263. The maximum atomic E-state index is 12.5. The fourth-order valence-corrected chi connectivity index (χ4v) is 3.38. The summed E-state index contributed by atoms with van der Waals surface area (Å²) >= 11 is 1.64. The minimum atomic E-state index is -0.238. The van der Waals surface area contributed by atoms with Crippen LogP contribution in [0.5, 0.6) is 0 Å². The molecule has 0 aromatic carbocycles. The van der Waals surface area contributed by atoms with Gasteiger partial charge in [-0.1, -0.05) is 6.07 Å². The summed E-state index contributed by atoms with van der Waals surface area (Å²) in [6.45, 7) is 4.87. The van der Waals surface area contributed by atoms with E-state index in [0.717, 1.165) is 16.2 Å². The number of nitriles is 1. The van der Waals surface area contributed by atoms with Gasteiger partial charge in [-0.25, -0.2) is 0 Å². The predicted molar refractivity (Wildman–Crippen MR) is 98.7 cm³/mol. The Balaban J connectivity index is 1.70. The SMILES string of the molecule is Cc1oc(NC(=O)CN(Cc2ccco2)Cc2cccs2)c(C#N)c1C. The molecule has 0 aliphatic rings. The summed E-state index contributed by atoms with van der Waals surface area (Å²) in [6, 6.07) is 9.81. The molecule has 0 saturated heterocycles. The zero-order valence-corrected chi connectivity index (χ0v) is 15.4. The highest BCUT2D eigenvalue weighted by Gasteiger charge is 2.19. The quantitative estimate of drug-likeness (QED) is 0.679. The van der Waals surface area contributed by atoms with E-state index in [4.69, 9.17) is 8.83 Å². The number of amides is 1. The molecule has 0 spiro atoms. The summed E-state index contributed by atoms with van der Waals surface area (Å²) in [5, 5.41) is 14.0. The number of thiophene rings is 1. The molecule has 0 radical (unpaired) electrons. The summed E-state index contributed by atoms with van der Waals surface area (Å²) in [5.74, 6) is 1.39. The number of hydrogen-bond donors (Lipinski definition) is 1. The van der Waals surface area contributed by atoms with Crippen molar-refractivity contribution in [3.8, 4) is 6.07 Å². The molecule has 0 bridgehead atoms. The number of rotatable bonds is 7. The van der Waals surface area contributed by atoms with Crippen molar-refractivity contribution in [1.82, 2.24) is 4.90 Å². The molecule has 0 saturated carbocycles. The Morgan fingerprint density at radius 1 is 1.31 bits per heavy atom. The first kappa shape index (κ1) is 18.0. The first-order valence-electron chi connectivity index (χ1n) is 8.14. The Bertz CT molecular complexity index is 869. The van der Waals surface area contributed by atoms with E-state index < -0.39 is 0 Å². The van der Waals surface area contributed by atoms with Gasteiger partial charge in [0.1, 0.15) is 23.2 Å². The van der Waals surface area contributed by atoms with Crippen LogP contribution in [-0.2, 0) is 17.9 Å². The monoisotopic (exact) mass is 369 g/mol. The fourth-order valence-electron chi connectivity index (χ4n) is 2.63. The molecule has 6 nitrogen and oxygen atoms in total. The van der Waals surface area contributed by atoms with Crippen molar-refractivity contribution in [3.63, 3.8) is 0 Å². The summed E-state index contributed by atoms with van der Waals surface area (Å²) in [7, 11) is 0. The van der Waals surface area contributed by atoms with Crippen LogP contribution in [-0.4, -0.2) is 17.4 Å². The minimum Gasteiger partial charge on any atom is -0.468 e. The maximum absolute atomic E-state index is 12.5. The summed E-state index contributed by atoms with van der Waals surface area (Å²) in [4.78, 5) is 15.7. The number of nitrogens with zero attached hydrogens (tertiary/aromatic N) is 2. The molecule has 3 aromatic heterocycles. The lowest BCUT2D eigenvalue weighted by Gasteiger charge is -2.19. The van der Waals surface area contributed by atoms with Gasteiger partial charge in [0.05, 0.1) is 19.4 Å². The van der Waals surface area contributed by atoms with Crippen molar-refractivity contribution in [1.29, 1.82) is 5.26 Å². The number of furan rings is 2. The Morgan fingerprint density at radius 2 is 2.15 bits per heavy atom. The topological polar surface area (TPSA) is 82.4 Å². The van der Waals surface area contributed by atoms with Gasteiger partial charge in [-0.05, 0) is 37.4 Å². The van der Waals surface area contributed by atoms with E-state index in [-0.39, 0.29) is 18.3 Å². The van der Waals surface area contributed by atoms with Crippen molar-refractivity contribution in [2.24, 2.45) is 0 Å². The Labute approximate surface area is 155 Å². The second-order valence-corrected chi connectivity index (χ2v) is 6.98. The Hall–Kier alpha value is -2.82. The molecule has 1 N–H and O–H groups in total. The summed E-state index contributed by atoms with van der Waals surface area (Å²) < 4.78 is 10.9. The number of aryl methyl sites for hydroxylation is 1. The highest BCUT2D eigenvalue weighted by molar-refractivity contribution is 7.09. The van der Waals surface area contributed by atoms with Gasteiger partial charge in [0.25, 0.3) is 0 Å². The molecular weight excluding hydrogens is 350 g/mol. The van der Waals surface area contributed by atoms with Gasteiger partial charge in [-0.3, -0.25) is 15.0 Å². The minimum absolute atomic E-state index is 0.155. The van der Waals surface area contributed by atoms with Gasteiger partial charge in [-0.15, -0.1) is 11.3 Å². The molecule has 0 unspecified atom stereocenters. The van der Waals surface area contributed by atoms with E-state index >= 15 is 0 Å². The average Bonchev–Trinajstić information content (AvgIpc) is 3.32. The first-order chi connectivity index (χ1) is 12.6. The molecule has 3 rings (SSSR count). The van der Waals surface area contributed by atoms with E-state index in [1.54, 1.807) is 31.4 Å². The third-order valence-electron chi connectivity index (χ3n) is 4.04. The second kappa shape index (κ2) is 8.04. The maximum Gasteiger partial charge on any atom is 0.240 e. The zero-order chi connectivity index (χ0) is 18.5. The van der Waals surface area contributed by atoms with E-state index in [9.17, 15) is 10.1 Å². The molecule has 26 heavy (non-hydrogen) atoms. The van der Waals surface area contributed by atoms with Crippen LogP contribution in [0.1, 0.15) is 27.5 Å². The third-order valence-corrected chi connectivity index (χ3v) is 4.90. The van der Waals surface area contributed by atoms with E-state index in [1.807, 2.05) is 34.5 Å². The molecule has 0 aliphatic heterocycles. The summed E-state index contributed by atoms with van der Waals surface area (Å²) in [5.41, 5.74) is 1.11. The standard InChI is InChI=1S/C19H19N3O3S/c1-13-14(2)25-19(17(13)9-20)21-18(23)12-22(10-15-5-3-7-24-15)11-16-6-4-8-26-16/h3-8H,10-12H2,1-2H3,(H,21,23). The van der Waals surface area contributed by atoms with E-state index in [0.29, 0.717) is 24.4 Å². The van der Waals surface area contributed by atoms with Gasteiger partial charge in [0, 0.05) is 17.0 Å². The van der Waals surface area contributed by atoms with Crippen LogP contribution in [0.2, 0.25) is 0 Å². The lowest BCUT2D eigenvalue weighted by molar-refractivity contribution is -0.117. The lowest BCUT2D eigenvalue weighted by atomic mass is 10.2. The zero-order valence-electron chi connectivity index (χ0n) is 14.6. The van der Waals surface area contributed by atoms with E-state index in [1.165, 1.54) is 0 Å². The molecular formula is C19H19N3O3S. The van der Waals surface area contributed by atoms with Gasteiger partial charge in [0.15, 0.2) is 0 Å². The first-order valence-corrected chi connectivity index (χ1v) is 9.02. The van der Waals surface area contributed by atoms with Crippen LogP contribution in [0.25, 0.3) is 0 Å². The Morgan fingerprint density at radius 3 is 2.81 bits per heavy atom. The predicted octanol–water partition coefficient (Wildman–Crippen LogP) is 4.06. The molecule has 0 atom stereocenters. The number of carbonyl (C=O) groups excluding carboxylic acids is 1. The van der Waals surface area contributed by atoms with Gasteiger partial charge in [0.2, 0.25) is 11.8 Å². The van der Waals surface area contributed by atoms with E-state index in [2.05, 4.69) is 11.4 Å². The molecule has 1 amide bonds. The second-order valence-electron chi connectivity index (χ2n) is 5.95. The smallest absolute Gasteiger partial charge is 0.240 e. The van der Waals surface area contributed by atoms with Crippen molar-refractivity contribution in [2.75, 3.05) is 11.9 Å². The van der Waals surface area contributed by atoms with Gasteiger partial charge in [-0.2, -0.15) is 5.26 Å². The largest absolute Gasteiger partial charge is 0.468 e. The molecule has 134 valence electrons. The van der Waals surface area contributed by atoms with Crippen molar-refractivity contribution < 1.29 is 13.6 Å². The number of anilines is 1. The number of nitrogens with one attached hydrogen (secondary N) is 1. The number of carbonyl (C=O) groups is 1. The van der Waals surface area contributed by atoms with Crippen LogP contribution in [0, 0.1) is 25.2 Å². The Kier molecular flexibility index (Phi) is 5.56. The van der Waals surface area contributed by atoms with Crippen LogP contribution < -0.4 is 5.32 Å². The highest BCUT2D eigenvalue weighted by atomic mass is 32.1. The summed E-state index contributed by atoms with van der Waals surface area (Å²) in [6.07, 6.45) is 1.62. The molecule has 3 heterocycles. The van der Waals surface area contributed by atoms with Crippen molar-refractivity contribution in [2.45, 2.75) is 26.9 Å². The van der Waals surface area contributed by atoms with Crippen LogP contribution in [0.15, 0.2) is 44.7 Å². The molecule has 7 heteroatoms. The highest BCUT2D eigenvalue weighted by Crippen LogP contribution is 2.25. The molecule has 3 aromatic rings. The molecule has 0 fully saturated rings. The van der Waals surface area contributed by atoms with Crippen molar-refractivity contribution >= 4 is 23.1 Å². The van der Waals surface area contributed by atoms with Crippen LogP contribution >= 0.6 is 11.3 Å². The third kappa shape index (κ3) is 4.23. The van der Waals surface area contributed by atoms with Crippen LogP contribution in [0.3, 0.4) is 0 Å².